The number of aromatic nitrogens is 2. The highest BCUT2D eigenvalue weighted by Crippen LogP contribution is 2.21. The van der Waals surface area contributed by atoms with Gasteiger partial charge in [0.15, 0.2) is 5.82 Å². The maximum absolute atomic E-state index is 12.4. The van der Waals surface area contributed by atoms with Gasteiger partial charge in [-0.05, 0) is 13.8 Å². The molecule has 0 fully saturated rings. The molecule has 0 bridgehead atoms. The quantitative estimate of drug-likeness (QED) is 0.785. The van der Waals surface area contributed by atoms with Crippen LogP contribution in [0.4, 0.5) is 5.82 Å². The number of nitrogens with two attached hydrogens (primary N) is 1. The normalized spacial score (nSPS) is 12.0. The molecule has 7 heteroatoms. The lowest BCUT2D eigenvalue weighted by molar-refractivity contribution is 0.453. The van der Waals surface area contributed by atoms with Crippen LogP contribution < -0.4 is 5.73 Å². The van der Waals surface area contributed by atoms with Gasteiger partial charge >= 0.3 is 0 Å². The molecule has 1 aromatic heterocycles. The zero-order valence-electron chi connectivity index (χ0n) is 11.0. The third-order valence-electron chi connectivity index (χ3n) is 2.50. The summed E-state index contributed by atoms with van der Waals surface area (Å²) in [6.45, 7) is 10.4. The Morgan fingerprint density at radius 1 is 1.56 bits per heavy atom. The minimum absolute atomic E-state index is 0.0389. The summed E-state index contributed by atoms with van der Waals surface area (Å²) in [4.78, 5) is 0.0625. The number of nitrogen functional groups attached to an aromatic ring is 1. The van der Waals surface area contributed by atoms with Gasteiger partial charge in [0.05, 0.1) is 0 Å². The smallest absolute Gasteiger partial charge is 0.248 e. The average molecular weight is 272 g/mol. The molecule has 1 heterocycles. The molecule has 0 radical (unpaired) electrons. The lowest BCUT2D eigenvalue weighted by Crippen LogP contribution is -2.32. The fourth-order valence-electron chi connectivity index (χ4n) is 1.59. The molecule has 0 unspecified atom stereocenters. The molecular formula is C11H20N4O2S. The molecule has 1 aromatic rings. The molecule has 0 saturated carbocycles. The Kier molecular flexibility index (Phi) is 4.53. The van der Waals surface area contributed by atoms with E-state index in [4.69, 9.17) is 5.73 Å². The number of anilines is 1. The molecule has 0 aliphatic heterocycles. The summed E-state index contributed by atoms with van der Waals surface area (Å²) in [5, 5.41) is 3.96. The van der Waals surface area contributed by atoms with Crippen molar-refractivity contribution in [1.29, 1.82) is 0 Å². The highest BCUT2D eigenvalue weighted by Gasteiger charge is 2.27. The van der Waals surface area contributed by atoms with E-state index in [-0.39, 0.29) is 17.3 Å². The standard InChI is InChI=1S/C11H20N4O2S/c1-5-14-8-10(11(12)13-14)18(16,17)15(6-2)7-9(3)4/h8H,3,5-7H2,1-2,4H3,(H2,12,13). The first-order valence-corrected chi connectivity index (χ1v) is 7.24. The Labute approximate surface area is 108 Å². The minimum atomic E-state index is -3.60. The second-order valence-electron chi connectivity index (χ2n) is 4.12. The lowest BCUT2D eigenvalue weighted by atomic mass is 10.3. The number of nitrogens with zero attached hydrogens (tertiary/aromatic N) is 3. The van der Waals surface area contributed by atoms with Gasteiger partial charge in [-0.25, -0.2) is 8.42 Å². The van der Waals surface area contributed by atoms with E-state index in [0.29, 0.717) is 13.1 Å². The van der Waals surface area contributed by atoms with E-state index in [1.807, 2.05) is 6.92 Å². The van der Waals surface area contributed by atoms with Crippen LogP contribution in [0.15, 0.2) is 23.2 Å². The Balaban J connectivity index is 3.18. The van der Waals surface area contributed by atoms with Crippen LogP contribution in [-0.2, 0) is 16.6 Å². The molecule has 18 heavy (non-hydrogen) atoms. The predicted molar refractivity (Wildman–Crippen MR) is 71.6 cm³/mol. The number of rotatable bonds is 6. The Morgan fingerprint density at radius 2 is 2.17 bits per heavy atom. The fourth-order valence-corrected chi connectivity index (χ4v) is 3.15. The molecule has 0 aliphatic rings. The fraction of sp³-hybridized carbons (Fsp3) is 0.545. The highest BCUT2D eigenvalue weighted by atomic mass is 32.2. The Morgan fingerprint density at radius 3 is 2.56 bits per heavy atom. The molecule has 0 atom stereocenters. The summed E-state index contributed by atoms with van der Waals surface area (Å²) in [6.07, 6.45) is 1.46. The van der Waals surface area contributed by atoms with E-state index >= 15 is 0 Å². The number of likely N-dealkylation sites (N-methyl/N-ethyl adjacent to an activating group) is 1. The number of sulfonamides is 1. The van der Waals surface area contributed by atoms with Crippen molar-refractivity contribution in [3.63, 3.8) is 0 Å². The first-order valence-electron chi connectivity index (χ1n) is 5.80. The summed E-state index contributed by atoms with van der Waals surface area (Å²) >= 11 is 0. The van der Waals surface area contributed by atoms with E-state index in [1.54, 1.807) is 13.8 Å². The molecule has 0 saturated heterocycles. The number of hydrogen-bond acceptors (Lipinski definition) is 4. The molecular weight excluding hydrogens is 252 g/mol. The maximum Gasteiger partial charge on any atom is 0.248 e. The molecule has 6 nitrogen and oxygen atoms in total. The van der Waals surface area contributed by atoms with Crippen LogP contribution >= 0.6 is 0 Å². The third kappa shape index (κ3) is 2.91. The molecule has 0 amide bonds. The molecule has 0 aliphatic carbocycles. The average Bonchev–Trinajstić information content (AvgIpc) is 2.67. The van der Waals surface area contributed by atoms with Gasteiger partial charge in [0.1, 0.15) is 4.90 Å². The van der Waals surface area contributed by atoms with Crippen molar-refractivity contribution in [3.05, 3.63) is 18.3 Å². The van der Waals surface area contributed by atoms with Crippen LogP contribution in [0.2, 0.25) is 0 Å². The van der Waals surface area contributed by atoms with Crippen molar-refractivity contribution in [2.45, 2.75) is 32.2 Å². The molecule has 2 N–H and O–H groups in total. The van der Waals surface area contributed by atoms with Crippen LogP contribution in [0.5, 0.6) is 0 Å². The van der Waals surface area contributed by atoms with Crippen molar-refractivity contribution >= 4 is 15.8 Å². The van der Waals surface area contributed by atoms with Gasteiger partial charge in [-0.3, -0.25) is 4.68 Å². The monoisotopic (exact) mass is 272 g/mol. The van der Waals surface area contributed by atoms with E-state index < -0.39 is 10.0 Å². The SMILES string of the molecule is C=C(C)CN(CC)S(=O)(=O)c1cn(CC)nc1N. The van der Waals surface area contributed by atoms with E-state index in [9.17, 15) is 8.42 Å². The van der Waals surface area contributed by atoms with Gasteiger partial charge in [-0.2, -0.15) is 9.40 Å². The van der Waals surface area contributed by atoms with Crippen molar-refractivity contribution in [2.24, 2.45) is 0 Å². The molecule has 0 spiro atoms. The van der Waals surface area contributed by atoms with Crippen LogP contribution in [0.1, 0.15) is 20.8 Å². The summed E-state index contributed by atoms with van der Waals surface area (Å²) in [6, 6.07) is 0. The zero-order chi connectivity index (χ0) is 13.9. The van der Waals surface area contributed by atoms with Gasteiger partial charge in [0.2, 0.25) is 10.0 Å². The molecule has 102 valence electrons. The summed E-state index contributed by atoms with van der Waals surface area (Å²) in [5.74, 6) is 0.0389. The van der Waals surface area contributed by atoms with Crippen LogP contribution in [0.25, 0.3) is 0 Å². The minimum Gasteiger partial charge on any atom is -0.381 e. The van der Waals surface area contributed by atoms with Crippen molar-refractivity contribution in [1.82, 2.24) is 14.1 Å². The van der Waals surface area contributed by atoms with Gasteiger partial charge in [0, 0.05) is 25.8 Å². The first kappa shape index (κ1) is 14.7. The van der Waals surface area contributed by atoms with Crippen molar-refractivity contribution in [2.75, 3.05) is 18.8 Å². The second kappa shape index (κ2) is 5.53. The van der Waals surface area contributed by atoms with E-state index in [2.05, 4.69) is 11.7 Å². The van der Waals surface area contributed by atoms with Gasteiger partial charge < -0.3 is 5.73 Å². The highest BCUT2D eigenvalue weighted by molar-refractivity contribution is 7.89. The van der Waals surface area contributed by atoms with Crippen LogP contribution in [-0.4, -0.2) is 35.6 Å². The van der Waals surface area contributed by atoms with Crippen molar-refractivity contribution in [3.8, 4) is 0 Å². The number of hydrogen-bond donors (Lipinski definition) is 1. The predicted octanol–water partition coefficient (Wildman–Crippen LogP) is 1.07. The van der Waals surface area contributed by atoms with Crippen LogP contribution in [0, 0.1) is 0 Å². The largest absolute Gasteiger partial charge is 0.381 e. The lowest BCUT2D eigenvalue weighted by Gasteiger charge is -2.19. The maximum atomic E-state index is 12.4. The molecule has 1 rings (SSSR count). The van der Waals surface area contributed by atoms with Gasteiger partial charge in [-0.1, -0.05) is 19.1 Å². The Bertz CT molecular complexity index is 533. The topological polar surface area (TPSA) is 81.2 Å². The Hall–Kier alpha value is -1.34. The zero-order valence-corrected chi connectivity index (χ0v) is 11.9. The second-order valence-corrected chi connectivity index (χ2v) is 6.03. The van der Waals surface area contributed by atoms with Crippen LogP contribution in [0.3, 0.4) is 0 Å². The van der Waals surface area contributed by atoms with Gasteiger partial charge in [0.25, 0.3) is 0 Å². The summed E-state index contributed by atoms with van der Waals surface area (Å²) in [7, 11) is -3.60. The van der Waals surface area contributed by atoms with Gasteiger partial charge in [-0.15, -0.1) is 0 Å². The van der Waals surface area contributed by atoms with E-state index in [1.165, 1.54) is 15.2 Å². The van der Waals surface area contributed by atoms with E-state index in [0.717, 1.165) is 5.57 Å². The summed E-state index contributed by atoms with van der Waals surface area (Å²) < 4.78 is 27.6. The van der Waals surface area contributed by atoms with Crippen molar-refractivity contribution < 1.29 is 8.42 Å². The first-order chi connectivity index (χ1) is 8.32. The summed E-state index contributed by atoms with van der Waals surface area (Å²) in [5.41, 5.74) is 6.45. The third-order valence-corrected chi connectivity index (χ3v) is 4.43. The molecule has 0 aromatic carbocycles. The number of aryl methyl sites for hydroxylation is 1.